The van der Waals surface area contributed by atoms with Crippen molar-refractivity contribution in [2.75, 3.05) is 7.11 Å². The summed E-state index contributed by atoms with van der Waals surface area (Å²) < 4.78 is 34.0. The molecule has 1 unspecified atom stereocenters. The number of carbonyl (C=O) groups excluding carboxylic acids is 1. The zero-order valence-electron chi connectivity index (χ0n) is 19.0. The summed E-state index contributed by atoms with van der Waals surface area (Å²) in [6.07, 6.45) is 0.328. The van der Waals surface area contributed by atoms with Gasteiger partial charge in [0, 0.05) is 13.1 Å². The molecule has 0 saturated carbocycles. The van der Waals surface area contributed by atoms with Gasteiger partial charge in [0.15, 0.2) is 0 Å². The zero-order chi connectivity index (χ0) is 23.6. The third-order valence-electron chi connectivity index (χ3n) is 6.06. The van der Waals surface area contributed by atoms with Crippen molar-refractivity contribution >= 4 is 15.9 Å². The van der Waals surface area contributed by atoms with E-state index in [0.717, 1.165) is 28.0 Å². The fourth-order valence-corrected chi connectivity index (χ4v) is 6.01. The summed E-state index contributed by atoms with van der Waals surface area (Å²) in [5.41, 5.74) is 4.35. The summed E-state index contributed by atoms with van der Waals surface area (Å²) in [6.45, 7) is 4.11. The first-order valence-corrected chi connectivity index (χ1v) is 12.3. The molecule has 7 heteroatoms. The van der Waals surface area contributed by atoms with E-state index in [-0.39, 0.29) is 17.3 Å². The van der Waals surface area contributed by atoms with Gasteiger partial charge < -0.3 is 10.1 Å². The van der Waals surface area contributed by atoms with E-state index in [1.807, 2.05) is 61.5 Å². The molecule has 0 bridgehead atoms. The Bertz CT molecular complexity index is 1270. The van der Waals surface area contributed by atoms with Crippen LogP contribution in [0.25, 0.3) is 0 Å². The largest absolute Gasteiger partial charge is 0.497 e. The highest BCUT2D eigenvalue weighted by molar-refractivity contribution is 7.89. The summed E-state index contributed by atoms with van der Waals surface area (Å²) >= 11 is 0. The maximum Gasteiger partial charge on any atom is 0.244 e. The molecule has 0 spiro atoms. The van der Waals surface area contributed by atoms with Crippen molar-refractivity contribution in [1.29, 1.82) is 0 Å². The molecule has 1 aliphatic heterocycles. The van der Waals surface area contributed by atoms with Crippen LogP contribution in [0, 0.1) is 13.8 Å². The molecule has 172 valence electrons. The quantitative estimate of drug-likeness (QED) is 0.603. The highest BCUT2D eigenvalue weighted by Crippen LogP contribution is 2.31. The van der Waals surface area contributed by atoms with Crippen molar-refractivity contribution in [2.24, 2.45) is 0 Å². The zero-order valence-corrected chi connectivity index (χ0v) is 19.9. The minimum Gasteiger partial charge on any atom is -0.497 e. The lowest BCUT2D eigenvalue weighted by Crippen LogP contribution is -2.52. The Morgan fingerprint density at radius 1 is 1.03 bits per heavy atom. The van der Waals surface area contributed by atoms with E-state index in [1.165, 1.54) is 4.31 Å². The van der Waals surface area contributed by atoms with Crippen molar-refractivity contribution in [3.8, 4) is 5.75 Å². The lowest BCUT2D eigenvalue weighted by Gasteiger charge is -2.35. The summed E-state index contributed by atoms with van der Waals surface area (Å²) in [6, 6.07) is 19.6. The lowest BCUT2D eigenvalue weighted by atomic mass is 9.95. The average Bonchev–Trinajstić information content (AvgIpc) is 2.83. The van der Waals surface area contributed by atoms with Crippen molar-refractivity contribution in [3.63, 3.8) is 0 Å². The Balaban J connectivity index is 1.64. The third-order valence-corrected chi connectivity index (χ3v) is 8.06. The normalized spacial score (nSPS) is 16.2. The molecule has 1 aliphatic rings. The number of fused-ring (bicyclic) bond motifs is 1. The molecule has 4 rings (SSSR count). The first kappa shape index (κ1) is 23.0. The summed E-state index contributed by atoms with van der Waals surface area (Å²) in [4.78, 5) is 13.5. The molecule has 1 amide bonds. The van der Waals surface area contributed by atoms with Crippen LogP contribution in [-0.4, -0.2) is 31.8 Å². The topological polar surface area (TPSA) is 75.7 Å². The number of carbonyl (C=O) groups is 1. The third kappa shape index (κ3) is 4.79. The van der Waals surface area contributed by atoms with Crippen LogP contribution in [-0.2, 0) is 34.3 Å². The van der Waals surface area contributed by atoms with E-state index in [1.54, 1.807) is 26.2 Å². The number of nitrogens with zero attached hydrogens (tertiary/aromatic N) is 1. The molecular formula is C26H28N2O4S. The number of rotatable bonds is 6. The number of methoxy groups -OCH3 is 1. The fraction of sp³-hybridized carbons (Fsp3) is 0.269. The predicted molar refractivity (Wildman–Crippen MR) is 127 cm³/mol. The van der Waals surface area contributed by atoms with Gasteiger partial charge in [0.2, 0.25) is 15.9 Å². The van der Waals surface area contributed by atoms with E-state index < -0.39 is 16.1 Å². The molecule has 0 fully saturated rings. The molecule has 1 heterocycles. The molecule has 1 atom stereocenters. The van der Waals surface area contributed by atoms with E-state index in [4.69, 9.17) is 4.74 Å². The summed E-state index contributed by atoms with van der Waals surface area (Å²) in [5, 5.41) is 2.93. The summed E-state index contributed by atoms with van der Waals surface area (Å²) in [5.74, 6) is 0.425. The second-order valence-corrected chi connectivity index (χ2v) is 10.2. The highest BCUT2D eigenvalue weighted by atomic mass is 32.2. The van der Waals surface area contributed by atoms with Gasteiger partial charge in [0.1, 0.15) is 11.8 Å². The predicted octanol–water partition coefficient (Wildman–Crippen LogP) is 3.74. The minimum atomic E-state index is -3.89. The second kappa shape index (κ2) is 9.37. The van der Waals surface area contributed by atoms with Crippen LogP contribution in [0.2, 0.25) is 0 Å². The van der Waals surface area contributed by atoms with Crippen LogP contribution in [0.5, 0.6) is 5.75 Å². The number of benzene rings is 3. The average molecular weight is 465 g/mol. The number of ether oxygens (including phenoxy) is 1. The van der Waals surface area contributed by atoms with E-state index in [0.29, 0.717) is 18.5 Å². The van der Waals surface area contributed by atoms with E-state index in [9.17, 15) is 13.2 Å². The maximum absolute atomic E-state index is 13.8. The number of hydrogen-bond donors (Lipinski definition) is 1. The number of hydrogen-bond acceptors (Lipinski definition) is 4. The van der Waals surface area contributed by atoms with Gasteiger partial charge in [0.05, 0.1) is 12.0 Å². The molecule has 1 N–H and O–H groups in total. The van der Waals surface area contributed by atoms with Gasteiger partial charge in [0.25, 0.3) is 0 Å². The second-order valence-electron chi connectivity index (χ2n) is 8.37. The molecular weight excluding hydrogens is 436 g/mol. The van der Waals surface area contributed by atoms with Crippen LogP contribution >= 0.6 is 0 Å². The van der Waals surface area contributed by atoms with E-state index >= 15 is 0 Å². The molecule has 33 heavy (non-hydrogen) atoms. The van der Waals surface area contributed by atoms with Crippen molar-refractivity contribution in [1.82, 2.24) is 9.62 Å². The Hall–Kier alpha value is -3.16. The number of amides is 1. The van der Waals surface area contributed by atoms with Crippen LogP contribution < -0.4 is 10.1 Å². The molecule has 0 aliphatic carbocycles. The standard InChI is InChI=1S/C26H28N2O4S/c1-18-8-9-19(2)25(14-18)33(30,31)28-17-22-7-5-4-6-21(22)15-24(28)26(29)27-16-20-10-12-23(32-3)13-11-20/h4-14,24H,15-17H2,1-3H3,(H,27,29). The Morgan fingerprint density at radius 2 is 1.73 bits per heavy atom. The monoisotopic (exact) mass is 464 g/mol. The van der Waals surface area contributed by atoms with Crippen LogP contribution in [0.4, 0.5) is 0 Å². The Labute approximate surface area is 195 Å². The first-order chi connectivity index (χ1) is 15.8. The molecule has 6 nitrogen and oxygen atoms in total. The van der Waals surface area contributed by atoms with Crippen molar-refractivity contribution < 1.29 is 17.9 Å². The molecule has 0 aromatic heterocycles. The van der Waals surface area contributed by atoms with Gasteiger partial charge in [-0.3, -0.25) is 4.79 Å². The van der Waals surface area contributed by atoms with Gasteiger partial charge >= 0.3 is 0 Å². The molecule has 3 aromatic carbocycles. The number of nitrogens with one attached hydrogen (secondary N) is 1. The van der Waals surface area contributed by atoms with Crippen molar-refractivity contribution in [3.05, 3.63) is 94.5 Å². The highest BCUT2D eigenvalue weighted by Gasteiger charge is 2.40. The minimum absolute atomic E-state index is 0.159. The van der Waals surface area contributed by atoms with Crippen LogP contribution in [0.15, 0.2) is 71.6 Å². The fourth-order valence-electron chi connectivity index (χ4n) is 4.14. The Morgan fingerprint density at radius 3 is 2.42 bits per heavy atom. The SMILES string of the molecule is COc1ccc(CNC(=O)C2Cc3ccccc3CN2S(=O)(=O)c2cc(C)ccc2C)cc1. The van der Waals surface area contributed by atoms with Crippen LogP contribution in [0.1, 0.15) is 27.8 Å². The van der Waals surface area contributed by atoms with Gasteiger partial charge in [-0.1, -0.05) is 48.5 Å². The molecule has 0 radical (unpaired) electrons. The number of aryl methyl sites for hydroxylation is 2. The molecule has 3 aromatic rings. The molecule has 0 saturated heterocycles. The van der Waals surface area contributed by atoms with Gasteiger partial charge in [-0.15, -0.1) is 0 Å². The van der Waals surface area contributed by atoms with Crippen molar-refractivity contribution in [2.45, 2.75) is 44.3 Å². The lowest BCUT2D eigenvalue weighted by molar-refractivity contribution is -0.125. The van der Waals surface area contributed by atoms with Gasteiger partial charge in [-0.25, -0.2) is 8.42 Å². The number of sulfonamides is 1. The smallest absolute Gasteiger partial charge is 0.244 e. The maximum atomic E-state index is 13.8. The Kier molecular flexibility index (Phi) is 6.54. The first-order valence-electron chi connectivity index (χ1n) is 10.9. The van der Waals surface area contributed by atoms with Crippen LogP contribution in [0.3, 0.4) is 0 Å². The van der Waals surface area contributed by atoms with E-state index in [2.05, 4.69) is 5.32 Å². The van der Waals surface area contributed by atoms with Gasteiger partial charge in [-0.05, 0) is 66.3 Å². The van der Waals surface area contributed by atoms with Gasteiger partial charge in [-0.2, -0.15) is 4.31 Å². The summed E-state index contributed by atoms with van der Waals surface area (Å²) in [7, 11) is -2.29.